The van der Waals surface area contributed by atoms with E-state index < -0.39 is 0 Å². The van der Waals surface area contributed by atoms with Crippen molar-refractivity contribution in [1.82, 2.24) is 15.2 Å². The van der Waals surface area contributed by atoms with E-state index in [2.05, 4.69) is 45.5 Å². The van der Waals surface area contributed by atoms with Crippen molar-refractivity contribution < 1.29 is 4.79 Å². The topological polar surface area (TPSA) is 48.1 Å². The second-order valence-corrected chi connectivity index (χ2v) is 7.48. The number of hydrogen-bond acceptors (Lipinski definition) is 2. The smallest absolute Gasteiger partial charge is 0.251 e. The molecule has 0 saturated carbocycles. The summed E-state index contributed by atoms with van der Waals surface area (Å²) in [5, 5.41) is 4.37. The first kappa shape index (κ1) is 17.8. The van der Waals surface area contributed by atoms with E-state index in [1.807, 2.05) is 30.5 Å². The Bertz CT molecular complexity index is 887. The first-order chi connectivity index (χ1) is 13.3. The van der Waals surface area contributed by atoms with Crippen molar-refractivity contribution in [2.24, 2.45) is 0 Å². The number of aromatic nitrogens is 1. The largest absolute Gasteiger partial charge is 0.361 e. The van der Waals surface area contributed by atoms with Crippen molar-refractivity contribution in [2.75, 3.05) is 19.6 Å². The van der Waals surface area contributed by atoms with Gasteiger partial charge in [-0.1, -0.05) is 36.4 Å². The van der Waals surface area contributed by atoms with Crippen LogP contribution in [0, 0.1) is 0 Å². The molecule has 140 valence electrons. The monoisotopic (exact) mass is 361 g/mol. The van der Waals surface area contributed by atoms with Gasteiger partial charge in [0.2, 0.25) is 0 Å². The normalized spacial score (nSPS) is 17.9. The van der Waals surface area contributed by atoms with Gasteiger partial charge >= 0.3 is 0 Å². The second-order valence-electron chi connectivity index (χ2n) is 7.48. The summed E-state index contributed by atoms with van der Waals surface area (Å²) in [5.41, 5.74) is 3.14. The molecule has 1 amide bonds. The number of H-pyrrole nitrogens is 1. The third-order valence-corrected chi connectivity index (χ3v) is 5.44. The number of carbonyl (C=O) groups is 1. The SMILES string of the molecule is O=C(N[C@H]1CCCN(CCCc2ccccc2)C1)c1ccc2cc[nH]c2c1. The zero-order chi connectivity index (χ0) is 18.5. The van der Waals surface area contributed by atoms with Crippen LogP contribution in [-0.4, -0.2) is 41.5 Å². The van der Waals surface area contributed by atoms with E-state index in [1.54, 1.807) is 0 Å². The molecule has 0 radical (unpaired) electrons. The highest BCUT2D eigenvalue weighted by atomic mass is 16.1. The van der Waals surface area contributed by atoms with E-state index in [9.17, 15) is 4.79 Å². The Hall–Kier alpha value is -2.59. The van der Waals surface area contributed by atoms with Crippen molar-refractivity contribution in [1.29, 1.82) is 0 Å². The summed E-state index contributed by atoms with van der Waals surface area (Å²) in [5.74, 6) is 0.0302. The molecule has 0 spiro atoms. The lowest BCUT2D eigenvalue weighted by molar-refractivity contribution is 0.0903. The number of fused-ring (bicyclic) bond motifs is 1. The number of hydrogen-bond donors (Lipinski definition) is 2. The second kappa shape index (κ2) is 8.40. The van der Waals surface area contributed by atoms with Gasteiger partial charge in [-0.2, -0.15) is 0 Å². The standard InChI is InChI=1S/C23H27N3O/c27-23(20-11-10-19-12-13-24-22(19)16-20)25-21-9-5-15-26(17-21)14-4-8-18-6-2-1-3-7-18/h1-3,6-7,10-13,16,21,24H,4-5,8-9,14-15,17H2,(H,25,27)/t21-/m0/s1. The molecule has 3 aromatic rings. The minimum Gasteiger partial charge on any atom is -0.361 e. The third-order valence-electron chi connectivity index (χ3n) is 5.44. The van der Waals surface area contributed by atoms with Crippen molar-refractivity contribution in [2.45, 2.75) is 31.7 Å². The fourth-order valence-corrected chi connectivity index (χ4v) is 3.99. The Morgan fingerprint density at radius 1 is 1.15 bits per heavy atom. The molecule has 4 nitrogen and oxygen atoms in total. The molecule has 0 bridgehead atoms. The maximum Gasteiger partial charge on any atom is 0.251 e. The number of likely N-dealkylation sites (tertiary alicyclic amines) is 1. The fraction of sp³-hybridized carbons (Fsp3) is 0.348. The molecule has 1 saturated heterocycles. The number of amides is 1. The summed E-state index contributed by atoms with van der Waals surface area (Å²) in [6.07, 6.45) is 6.39. The molecule has 27 heavy (non-hydrogen) atoms. The third kappa shape index (κ3) is 4.58. The maximum absolute atomic E-state index is 12.6. The summed E-state index contributed by atoms with van der Waals surface area (Å²) < 4.78 is 0. The molecule has 4 heteroatoms. The number of nitrogens with zero attached hydrogens (tertiary/aromatic N) is 1. The van der Waals surface area contributed by atoms with Crippen LogP contribution in [0.2, 0.25) is 0 Å². The van der Waals surface area contributed by atoms with Crippen LogP contribution in [0.5, 0.6) is 0 Å². The lowest BCUT2D eigenvalue weighted by Crippen LogP contribution is -2.47. The van der Waals surface area contributed by atoms with Crippen molar-refractivity contribution >= 4 is 16.8 Å². The first-order valence-corrected chi connectivity index (χ1v) is 9.92. The summed E-state index contributed by atoms with van der Waals surface area (Å²) in [4.78, 5) is 18.3. The van der Waals surface area contributed by atoms with Gasteiger partial charge in [-0.3, -0.25) is 4.79 Å². The van der Waals surface area contributed by atoms with E-state index in [0.29, 0.717) is 0 Å². The number of rotatable bonds is 6. The minimum absolute atomic E-state index is 0.0302. The summed E-state index contributed by atoms with van der Waals surface area (Å²) in [6.45, 7) is 3.18. The molecule has 1 atom stereocenters. The Morgan fingerprint density at radius 3 is 2.93 bits per heavy atom. The molecule has 0 unspecified atom stereocenters. The minimum atomic E-state index is 0.0302. The zero-order valence-corrected chi connectivity index (χ0v) is 15.7. The molecular formula is C23H27N3O. The van der Waals surface area contributed by atoms with E-state index >= 15 is 0 Å². The molecule has 1 aliphatic rings. The van der Waals surface area contributed by atoms with Gasteiger partial charge < -0.3 is 15.2 Å². The summed E-state index contributed by atoms with van der Waals surface area (Å²) >= 11 is 0. The molecule has 4 rings (SSSR count). The van der Waals surface area contributed by atoms with Crippen LogP contribution in [0.3, 0.4) is 0 Å². The van der Waals surface area contributed by atoms with Crippen LogP contribution in [0.25, 0.3) is 10.9 Å². The highest BCUT2D eigenvalue weighted by molar-refractivity contribution is 5.98. The fourth-order valence-electron chi connectivity index (χ4n) is 3.99. The van der Waals surface area contributed by atoms with Gasteiger partial charge in [0.25, 0.3) is 5.91 Å². The zero-order valence-electron chi connectivity index (χ0n) is 15.7. The van der Waals surface area contributed by atoms with Crippen LogP contribution < -0.4 is 5.32 Å². The van der Waals surface area contributed by atoms with Gasteiger partial charge in [-0.15, -0.1) is 0 Å². The Labute approximate surface area is 160 Å². The van der Waals surface area contributed by atoms with Crippen LogP contribution >= 0.6 is 0 Å². The van der Waals surface area contributed by atoms with Gasteiger partial charge in [0, 0.05) is 29.9 Å². The molecular weight excluding hydrogens is 334 g/mol. The number of piperidine rings is 1. The summed E-state index contributed by atoms with van der Waals surface area (Å²) in [7, 11) is 0. The number of aromatic amines is 1. The molecule has 2 aromatic carbocycles. The Morgan fingerprint density at radius 2 is 2.04 bits per heavy atom. The first-order valence-electron chi connectivity index (χ1n) is 9.92. The summed E-state index contributed by atoms with van der Waals surface area (Å²) in [6, 6.07) is 18.8. The van der Waals surface area contributed by atoms with E-state index in [4.69, 9.17) is 0 Å². The maximum atomic E-state index is 12.6. The highest BCUT2D eigenvalue weighted by Crippen LogP contribution is 2.16. The number of carbonyl (C=O) groups excluding carboxylic acids is 1. The Balaban J connectivity index is 1.28. The van der Waals surface area contributed by atoms with Crippen molar-refractivity contribution in [3.8, 4) is 0 Å². The van der Waals surface area contributed by atoms with Gasteiger partial charge in [-0.25, -0.2) is 0 Å². The van der Waals surface area contributed by atoms with Gasteiger partial charge in [0.1, 0.15) is 0 Å². The number of benzene rings is 2. The van der Waals surface area contributed by atoms with Gasteiger partial charge in [-0.05, 0) is 67.9 Å². The number of aryl methyl sites for hydroxylation is 1. The Kier molecular flexibility index (Phi) is 5.54. The van der Waals surface area contributed by atoms with Crippen LogP contribution in [0.4, 0.5) is 0 Å². The van der Waals surface area contributed by atoms with Crippen LogP contribution in [0.1, 0.15) is 35.2 Å². The lowest BCUT2D eigenvalue weighted by Gasteiger charge is -2.33. The van der Waals surface area contributed by atoms with E-state index in [1.165, 1.54) is 5.56 Å². The lowest BCUT2D eigenvalue weighted by atomic mass is 10.0. The average Bonchev–Trinajstić information content (AvgIpc) is 3.17. The van der Waals surface area contributed by atoms with Crippen LogP contribution in [0.15, 0.2) is 60.8 Å². The highest BCUT2D eigenvalue weighted by Gasteiger charge is 2.21. The van der Waals surface area contributed by atoms with Crippen molar-refractivity contribution in [3.63, 3.8) is 0 Å². The predicted octanol–water partition coefficient (Wildman–Crippen LogP) is 3.99. The molecule has 1 aromatic heterocycles. The average molecular weight is 361 g/mol. The van der Waals surface area contributed by atoms with Gasteiger partial charge in [0.15, 0.2) is 0 Å². The molecule has 2 heterocycles. The number of nitrogens with one attached hydrogen (secondary N) is 2. The van der Waals surface area contributed by atoms with Gasteiger partial charge in [0.05, 0.1) is 0 Å². The molecule has 2 N–H and O–H groups in total. The van der Waals surface area contributed by atoms with Crippen molar-refractivity contribution in [3.05, 3.63) is 71.9 Å². The predicted molar refractivity (Wildman–Crippen MR) is 110 cm³/mol. The van der Waals surface area contributed by atoms with E-state index in [0.717, 1.165) is 61.8 Å². The van der Waals surface area contributed by atoms with Crippen LogP contribution in [-0.2, 0) is 6.42 Å². The van der Waals surface area contributed by atoms with E-state index in [-0.39, 0.29) is 11.9 Å². The molecule has 0 aliphatic carbocycles. The quantitative estimate of drug-likeness (QED) is 0.697. The molecule has 1 aliphatic heterocycles. The molecule has 1 fully saturated rings.